The third kappa shape index (κ3) is 3.71. The van der Waals surface area contributed by atoms with E-state index in [9.17, 15) is 18.0 Å². The van der Waals surface area contributed by atoms with Crippen LogP contribution >= 0.6 is 0 Å². The van der Waals surface area contributed by atoms with E-state index in [0.29, 0.717) is 22.7 Å². The van der Waals surface area contributed by atoms with Crippen LogP contribution in [-0.4, -0.2) is 48.7 Å². The van der Waals surface area contributed by atoms with Crippen molar-refractivity contribution in [3.63, 3.8) is 0 Å². The highest BCUT2D eigenvalue weighted by Crippen LogP contribution is 2.26. The minimum Gasteiger partial charge on any atom is -0.322 e. The van der Waals surface area contributed by atoms with Gasteiger partial charge in [0.05, 0.1) is 18.1 Å². The Kier molecular flexibility index (Phi) is 5.54. The van der Waals surface area contributed by atoms with Crippen molar-refractivity contribution in [2.45, 2.75) is 37.1 Å². The standard InChI is InChI=1S/C18H22N4O4S/c1-12-9-13-5-4-7-15(17(13)21-11-12)27(25,26)22(16(23)10-19)18(24)14-6-2-3-8-20-14/h4-5,7,9,11,14,20H,2-3,6,8,10,19H2,1H3. The molecule has 144 valence electrons. The maximum atomic E-state index is 13.3. The normalized spacial score (nSPS) is 17.6. The molecule has 2 heterocycles. The van der Waals surface area contributed by atoms with Gasteiger partial charge >= 0.3 is 0 Å². The first-order valence-electron chi connectivity index (χ1n) is 8.77. The van der Waals surface area contributed by atoms with Gasteiger partial charge in [0.2, 0.25) is 0 Å². The van der Waals surface area contributed by atoms with E-state index in [1.54, 1.807) is 24.4 Å². The van der Waals surface area contributed by atoms with E-state index in [2.05, 4.69) is 10.3 Å². The van der Waals surface area contributed by atoms with Gasteiger partial charge < -0.3 is 11.1 Å². The molecule has 9 heteroatoms. The van der Waals surface area contributed by atoms with Crippen molar-refractivity contribution in [3.8, 4) is 0 Å². The van der Waals surface area contributed by atoms with Crippen molar-refractivity contribution in [3.05, 3.63) is 36.0 Å². The molecule has 0 spiro atoms. The smallest absolute Gasteiger partial charge is 0.275 e. The Hall–Kier alpha value is -2.36. The lowest BCUT2D eigenvalue weighted by Gasteiger charge is -2.28. The number of piperidine rings is 1. The minimum absolute atomic E-state index is 0.189. The van der Waals surface area contributed by atoms with E-state index in [1.807, 2.05) is 6.92 Å². The minimum atomic E-state index is -4.45. The molecule has 2 amide bonds. The Morgan fingerprint density at radius 3 is 2.78 bits per heavy atom. The summed E-state index contributed by atoms with van der Waals surface area (Å²) in [6.45, 7) is 1.85. The van der Waals surface area contributed by atoms with Crippen molar-refractivity contribution >= 4 is 32.7 Å². The van der Waals surface area contributed by atoms with Gasteiger partial charge in [-0.25, -0.2) is 8.42 Å². The molecule has 1 fully saturated rings. The highest BCUT2D eigenvalue weighted by Gasteiger charge is 2.39. The number of hydrogen-bond donors (Lipinski definition) is 2. The number of rotatable bonds is 4. The number of carbonyl (C=O) groups excluding carboxylic acids is 2. The lowest BCUT2D eigenvalue weighted by molar-refractivity contribution is -0.139. The first-order chi connectivity index (χ1) is 12.9. The second-order valence-electron chi connectivity index (χ2n) is 6.55. The van der Waals surface area contributed by atoms with Crippen LogP contribution in [0.3, 0.4) is 0 Å². The number of sulfonamides is 1. The van der Waals surface area contributed by atoms with Crippen LogP contribution in [-0.2, 0) is 19.6 Å². The molecule has 1 aromatic carbocycles. The maximum Gasteiger partial charge on any atom is 0.275 e. The SMILES string of the molecule is Cc1cnc2c(S(=O)(=O)N(C(=O)CN)C(=O)C3CCCCN3)cccc2c1. The van der Waals surface area contributed by atoms with Gasteiger partial charge in [0, 0.05) is 11.6 Å². The summed E-state index contributed by atoms with van der Waals surface area (Å²) in [5.74, 6) is -1.76. The number of nitrogens with two attached hydrogens (primary N) is 1. The molecule has 0 saturated carbocycles. The number of hydrogen-bond acceptors (Lipinski definition) is 7. The van der Waals surface area contributed by atoms with E-state index < -0.39 is 34.4 Å². The van der Waals surface area contributed by atoms with Crippen LogP contribution in [0.25, 0.3) is 10.9 Å². The number of carbonyl (C=O) groups is 2. The van der Waals surface area contributed by atoms with E-state index in [0.717, 1.165) is 18.4 Å². The molecule has 0 radical (unpaired) electrons. The second kappa shape index (κ2) is 7.71. The Labute approximate surface area is 157 Å². The molecule has 1 saturated heterocycles. The number of fused-ring (bicyclic) bond motifs is 1. The van der Waals surface area contributed by atoms with Crippen LogP contribution in [0.4, 0.5) is 0 Å². The quantitative estimate of drug-likeness (QED) is 0.787. The highest BCUT2D eigenvalue weighted by molar-refractivity contribution is 7.90. The fourth-order valence-corrected chi connectivity index (χ4v) is 4.78. The summed E-state index contributed by atoms with van der Waals surface area (Å²) in [7, 11) is -4.45. The molecule has 1 aliphatic rings. The van der Waals surface area contributed by atoms with Gasteiger partial charge in [-0.1, -0.05) is 18.6 Å². The molecule has 1 aliphatic heterocycles. The largest absolute Gasteiger partial charge is 0.322 e. The summed E-state index contributed by atoms with van der Waals surface area (Å²) in [6.07, 6.45) is 3.69. The fourth-order valence-electron chi connectivity index (χ4n) is 3.21. The van der Waals surface area contributed by atoms with Gasteiger partial charge in [-0.15, -0.1) is 0 Å². The Bertz CT molecular complexity index is 984. The van der Waals surface area contributed by atoms with E-state index >= 15 is 0 Å². The van der Waals surface area contributed by atoms with E-state index in [1.165, 1.54) is 6.07 Å². The third-order valence-corrected chi connectivity index (χ3v) is 6.29. The monoisotopic (exact) mass is 390 g/mol. The average Bonchev–Trinajstić information content (AvgIpc) is 2.67. The van der Waals surface area contributed by atoms with Gasteiger partial charge in [-0.05, 0) is 44.0 Å². The molecule has 1 atom stereocenters. The van der Waals surface area contributed by atoms with Gasteiger partial charge in [0.1, 0.15) is 4.90 Å². The first kappa shape index (κ1) is 19.4. The molecule has 3 rings (SSSR count). The third-order valence-electron chi connectivity index (χ3n) is 4.54. The Morgan fingerprint density at radius 1 is 1.33 bits per heavy atom. The van der Waals surface area contributed by atoms with Crippen molar-refractivity contribution in [2.75, 3.05) is 13.1 Å². The number of amides is 2. The Balaban J connectivity index is 2.11. The van der Waals surface area contributed by atoms with Crippen LogP contribution in [0.5, 0.6) is 0 Å². The molecule has 0 bridgehead atoms. The second-order valence-corrected chi connectivity index (χ2v) is 8.30. The van der Waals surface area contributed by atoms with Gasteiger partial charge in [-0.2, -0.15) is 4.31 Å². The summed E-state index contributed by atoms with van der Waals surface area (Å²) in [6, 6.07) is 5.70. The lowest BCUT2D eigenvalue weighted by atomic mass is 10.0. The summed E-state index contributed by atoms with van der Waals surface area (Å²) in [5.41, 5.74) is 6.48. The maximum absolute atomic E-state index is 13.3. The molecule has 27 heavy (non-hydrogen) atoms. The summed E-state index contributed by atoms with van der Waals surface area (Å²) >= 11 is 0. The number of para-hydroxylation sites is 1. The van der Waals surface area contributed by atoms with Crippen molar-refractivity contribution in [1.82, 2.24) is 14.6 Å². The van der Waals surface area contributed by atoms with Gasteiger partial charge in [0.25, 0.3) is 21.8 Å². The zero-order chi connectivity index (χ0) is 19.6. The van der Waals surface area contributed by atoms with E-state index in [-0.39, 0.29) is 10.4 Å². The lowest BCUT2D eigenvalue weighted by Crippen LogP contribution is -2.54. The molecule has 2 aromatic rings. The molecule has 8 nitrogen and oxygen atoms in total. The van der Waals surface area contributed by atoms with Crippen LogP contribution in [0.15, 0.2) is 35.4 Å². The Morgan fingerprint density at radius 2 is 2.11 bits per heavy atom. The van der Waals surface area contributed by atoms with Crippen LogP contribution in [0.1, 0.15) is 24.8 Å². The summed E-state index contributed by atoms with van der Waals surface area (Å²) in [5, 5.41) is 3.59. The molecular formula is C18H22N4O4S. The average molecular weight is 390 g/mol. The number of pyridine rings is 1. The number of aryl methyl sites for hydroxylation is 1. The van der Waals surface area contributed by atoms with Crippen molar-refractivity contribution < 1.29 is 18.0 Å². The number of imide groups is 1. The number of benzene rings is 1. The number of nitrogens with zero attached hydrogens (tertiary/aromatic N) is 2. The van der Waals surface area contributed by atoms with Crippen molar-refractivity contribution in [1.29, 1.82) is 0 Å². The topological polar surface area (TPSA) is 122 Å². The van der Waals surface area contributed by atoms with Crippen LogP contribution in [0, 0.1) is 6.92 Å². The van der Waals surface area contributed by atoms with E-state index in [4.69, 9.17) is 5.73 Å². The summed E-state index contributed by atoms with van der Waals surface area (Å²) in [4.78, 5) is 29.3. The molecule has 0 aliphatic carbocycles. The zero-order valence-electron chi connectivity index (χ0n) is 15.0. The molecule has 1 aromatic heterocycles. The highest BCUT2D eigenvalue weighted by atomic mass is 32.2. The zero-order valence-corrected chi connectivity index (χ0v) is 15.8. The molecule has 3 N–H and O–H groups in total. The number of nitrogens with one attached hydrogen (secondary N) is 1. The van der Waals surface area contributed by atoms with Crippen molar-refractivity contribution in [2.24, 2.45) is 5.73 Å². The molecular weight excluding hydrogens is 368 g/mol. The first-order valence-corrected chi connectivity index (χ1v) is 10.2. The van der Waals surface area contributed by atoms with Gasteiger partial charge in [-0.3, -0.25) is 14.6 Å². The number of aromatic nitrogens is 1. The predicted molar refractivity (Wildman–Crippen MR) is 100 cm³/mol. The van der Waals surface area contributed by atoms with Crippen LogP contribution < -0.4 is 11.1 Å². The fraction of sp³-hybridized carbons (Fsp3) is 0.389. The molecule has 1 unspecified atom stereocenters. The van der Waals surface area contributed by atoms with Crippen LogP contribution in [0.2, 0.25) is 0 Å². The summed E-state index contributed by atoms with van der Waals surface area (Å²) < 4.78 is 26.9. The van der Waals surface area contributed by atoms with Gasteiger partial charge in [0.15, 0.2) is 0 Å². The predicted octanol–water partition coefficient (Wildman–Crippen LogP) is 0.688.